The largest absolute Gasteiger partial charge is 0.495 e. The van der Waals surface area contributed by atoms with Gasteiger partial charge in [-0.2, -0.15) is 0 Å². The lowest BCUT2D eigenvalue weighted by Gasteiger charge is -2.11. The molecular formula is C38H20O2. The lowest BCUT2D eigenvalue weighted by molar-refractivity contribution is 0.425. The number of hydrogen-bond donors (Lipinski definition) is 0. The highest BCUT2D eigenvalue weighted by Gasteiger charge is 2.12. The topological polar surface area (TPSA) is 18.5 Å². The van der Waals surface area contributed by atoms with Crippen LogP contribution in [0.25, 0.3) is 64.6 Å². The zero-order valence-corrected chi connectivity index (χ0v) is 21.9. The van der Waals surface area contributed by atoms with Crippen molar-refractivity contribution in [2.75, 3.05) is 14.2 Å². The second-order valence-electron chi connectivity index (χ2n) is 9.43. The summed E-state index contributed by atoms with van der Waals surface area (Å²) in [6, 6.07) is 54.1. The Morgan fingerprint density at radius 2 is 0.675 bits per heavy atom. The lowest BCUT2D eigenvalue weighted by Crippen LogP contribution is -1.89. The summed E-state index contributed by atoms with van der Waals surface area (Å²) in [6.45, 7) is 0. The normalized spacial score (nSPS) is 10.4. The summed E-state index contributed by atoms with van der Waals surface area (Å²) >= 11 is 0. The predicted octanol–water partition coefficient (Wildman–Crippen LogP) is 8.71. The first-order chi connectivity index (χ1) is 19.8. The zero-order valence-electron chi connectivity index (χ0n) is 21.9. The van der Waals surface area contributed by atoms with E-state index >= 15 is 0 Å². The Kier molecular flexibility index (Phi) is 5.54. The number of rotatable bonds is 2. The van der Waals surface area contributed by atoms with Crippen LogP contribution in [0.5, 0.6) is 11.5 Å². The van der Waals surface area contributed by atoms with Gasteiger partial charge < -0.3 is 9.47 Å². The Hall–Kier alpha value is -5.80. The average molecular weight is 509 g/mol. The van der Waals surface area contributed by atoms with Crippen LogP contribution >= 0.6 is 0 Å². The maximum absolute atomic E-state index is 6.01. The van der Waals surface area contributed by atoms with E-state index in [9.17, 15) is 0 Å². The smallest absolute Gasteiger partial charge is 0.137 e. The Balaban J connectivity index is 1.68. The number of benzene rings is 6. The molecule has 2 nitrogen and oxygen atoms in total. The molecule has 0 spiro atoms. The fourth-order valence-corrected chi connectivity index (χ4v) is 5.58. The maximum atomic E-state index is 6.01. The molecule has 0 aromatic heterocycles. The molecule has 0 unspecified atom stereocenters. The van der Waals surface area contributed by atoms with Crippen molar-refractivity contribution in [3.8, 4) is 11.5 Å². The number of hydrogen-bond acceptors (Lipinski definition) is 2. The Bertz CT molecular complexity index is 1890. The molecule has 7 aromatic carbocycles. The van der Waals surface area contributed by atoms with Gasteiger partial charge in [0, 0.05) is 43.1 Å². The van der Waals surface area contributed by atoms with Gasteiger partial charge in [0.2, 0.25) is 0 Å². The van der Waals surface area contributed by atoms with E-state index in [0.717, 1.165) is 76.1 Å². The van der Waals surface area contributed by atoms with Crippen LogP contribution in [0.15, 0.2) is 84.9 Å². The minimum atomic E-state index is 0.749. The van der Waals surface area contributed by atoms with Crippen LogP contribution < -0.4 is 9.47 Å². The van der Waals surface area contributed by atoms with E-state index in [2.05, 4.69) is 84.9 Å². The van der Waals surface area contributed by atoms with Crippen LogP contribution in [0, 0.1) is 48.5 Å². The second kappa shape index (κ2) is 9.50. The molecule has 0 fully saturated rings. The summed E-state index contributed by atoms with van der Waals surface area (Å²) in [6.07, 6.45) is 0. The van der Waals surface area contributed by atoms with Gasteiger partial charge in [0.1, 0.15) is 11.5 Å². The van der Waals surface area contributed by atoms with Crippen molar-refractivity contribution in [2.24, 2.45) is 0 Å². The van der Waals surface area contributed by atoms with Crippen LogP contribution in [-0.4, -0.2) is 14.2 Å². The van der Waals surface area contributed by atoms with Gasteiger partial charge in [0.15, 0.2) is 0 Å². The van der Waals surface area contributed by atoms with Gasteiger partial charge in [-0.05, 0) is 82.2 Å². The van der Waals surface area contributed by atoms with Crippen LogP contribution in [0.4, 0.5) is 0 Å². The van der Waals surface area contributed by atoms with Crippen molar-refractivity contribution in [3.63, 3.8) is 0 Å². The highest BCUT2D eigenvalue weighted by atomic mass is 16.5. The average Bonchev–Trinajstić information content (AvgIpc) is 2.98. The fourth-order valence-electron chi connectivity index (χ4n) is 5.58. The van der Waals surface area contributed by atoms with Crippen molar-refractivity contribution in [3.05, 3.63) is 133 Å². The quantitative estimate of drug-likeness (QED) is 0.218. The molecule has 0 saturated carbocycles. The standard InChI is InChI=1S/C38H20O2/c1-39-37-33-25-11-3-5-13-27-17-9-21-31-24-32-22-10-18-28(36(32)38(40-2)35(27)31)14-6-4-12-26-16-8-20-30(34(26)37)23-29(33)19-7-15-25/h7-10,15-24H,1-2H3. The van der Waals surface area contributed by atoms with Crippen LogP contribution in [0.2, 0.25) is 0 Å². The van der Waals surface area contributed by atoms with E-state index in [1.54, 1.807) is 14.2 Å². The molecule has 2 heteroatoms. The van der Waals surface area contributed by atoms with Gasteiger partial charge in [0.25, 0.3) is 0 Å². The summed E-state index contributed by atoms with van der Waals surface area (Å²) < 4.78 is 12.0. The van der Waals surface area contributed by atoms with E-state index in [1.165, 1.54) is 0 Å². The summed E-state index contributed by atoms with van der Waals surface area (Å²) in [5.74, 6) is 1.50. The first-order valence-corrected chi connectivity index (χ1v) is 12.9. The summed E-state index contributed by atoms with van der Waals surface area (Å²) in [5, 5.41) is 11.3. The number of ether oxygens (including phenoxy) is 2. The van der Waals surface area contributed by atoms with Crippen molar-refractivity contribution < 1.29 is 9.47 Å². The maximum Gasteiger partial charge on any atom is 0.137 e. The first-order valence-electron chi connectivity index (χ1n) is 12.9. The lowest BCUT2D eigenvalue weighted by atomic mass is 9.98. The van der Waals surface area contributed by atoms with Crippen LogP contribution in [-0.2, 0) is 0 Å². The van der Waals surface area contributed by atoms with Gasteiger partial charge in [-0.25, -0.2) is 0 Å². The molecule has 0 N–H and O–H groups in total. The predicted molar refractivity (Wildman–Crippen MR) is 162 cm³/mol. The molecule has 4 bridgehead atoms. The molecule has 0 saturated heterocycles. The summed E-state index contributed by atoms with van der Waals surface area (Å²) in [7, 11) is 3.38. The van der Waals surface area contributed by atoms with Crippen molar-refractivity contribution in [2.45, 2.75) is 0 Å². The van der Waals surface area contributed by atoms with Crippen molar-refractivity contribution >= 4 is 64.6 Å². The summed E-state index contributed by atoms with van der Waals surface area (Å²) in [4.78, 5) is 0. The molecule has 0 amide bonds. The van der Waals surface area contributed by atoms with E-state index in [-0.39, 0.29) is 0 Å². The Morgan fingerprint density at radius 1 is 0.400 bits per heavy atom. The van der Waals surface area contributed by atoms with E-state index in [1.807, 2.05) is 48.5 Å². The van der Waals surface area contributed by atoms with E-state index < -0.39 is 0 Å². The van der Waals surface area contributed by atoms with E-state index in [0.29, 0.717) is 0 Å². The summed E-state index contributed by atoms with van der Waals surface area (Å²) in [5.41, 5.74) is 0. The van der Waals surface area contributed by atoms with Gasteiger partial charge >= 0.3 is 0 Å². The van der Waals surface area contributed by atoms with Crippen molar-refractivity contribution in [1.82, 2.24) is 0 Å². The second-order valence-corrected chi connectivity index (χ2v) is 9.43. The van der Waals surface area contributed by atoms with Crippen LogP contribution in [0.1, 0.15) is 0 Å². The molecule has 0 radical (unpaired) electrons. The molecule has 40 heavy (non-hydrogen) atoms. The zero-order chi connectivity index (χ0) is 27.1. The van der Waals surface area contributed by atoms with E-state index in [4.69, 9.17) is 9.47 Å². The SMILES string of the molecule is COc1c2c3c#cc#cc4cccc5cc6cccc(c#cc#cc7cccc(cc2ccc3)c17)c6c(OC)c45. The molecule has 7 rings (SSSR count). The molecule has 0 aliphatic heterocycles. The van der Waals surface area contributed by atoms with Crippen LogP contribution in [0.3, 0.4) is 0 Å². The minimum absolute atomic E-state index is 0.749. The molecule has 0 atom stereocenters. The highest BCUT2D eigenvalue weighted by Crippen LogP contribution is 2.40. The third-order valence-corrected chi connectivity index (χ3v) is 7.24. The Labute approximate surface area is 233 Å². The molecule has 7 aromatic rings. The third-order valence-electron chi connectivity index (χ3n) is 7.24. The first kappa shape index (κ1) is 23.3. The Morgan fingerprint density at radius 3 is 0.925 bits per heavy atom. The molecular weight excluding hydrogens is 488 g/mol. The molecule has 0 aliphatic carbocycles. The highest BCUT2D eigenvalue weighted by molar-refractivity contribution is 6.17. The van der Waals surface area contributed by atoms with Gasteiger partial charge in [-0.15, -0.1) is 0 Å². The van der Waals surface area contributed by atoms with Gasteiger partial charge in [-0.3, -0.25) is 0 Å². The minimum Gasteiger partial charge on any atom is -0.495 e. The molecule has 184 valence electrons. The number of methoxy groups -OCH3 is 2. The molecule has 0 aliphatic rings. The van der Waals surface area contributed by atoms with Crippen molar-refractivity contribution in [1.29, 1.82) is 0 Å². The van der Waals surface area contributed by atoms with Gasteiger partial charge in [0.05, 0.1) is 14.2 Å². The monoisotopic (exact) mass is 508 g/mol. The fraction of sp³-hybridized carbons (Fsp3) is 0.0526. The third kappa shape index (κ3) is 3.69. The molecule has 0 heterocycles. The van der Waals surface area contributed by atoms with Gasteiger partial charge in [-0.1, -0.05) is 72.8 Å².